The molecule has 1 amide bonds. The maximum absolute atomic E-state index is 13.2. The molecule has 1 aromatic carbocycles. The Morgan fingerprint density at radius 2 is 1.96 bits per heavy atom. The van der Waals surface area contributed by atoms with Gasteiger partial charge < -0.3 is 10.2 Å². The molecule has 0 aromatic heterocycles. The summed E-state index contributed by atoms with van der Waals surface area (Å²) in [6, 6.07) is 9.02. The molecule has 1 saturated carbocycles. The Bertz CT molecular complexity index is 586. The number of carbonyl (C=O) groups excluding carboxylic acids is 1. The number of amides is 1. The number of thioether (sulfide) groups is 1. The molecule has 2 unspecified atom stereocenters. The van der Waals surface area contributed by atoms with E-state index >= 15 is 0 Å². The van der Waals surface area contributed by atoms with Crippen molar-refractivity contribution < 1.29 is 4.79 Å². The summed E-state index contributed by atoms with van der Waals surface area (Å²) in [5.41, 5.74) is 2.92. The molecule has 0 bridgehead atoms. The van der Waals surface area contributed by atoms with Crippen LogP contribution in [0.1, 0.15) is 36.4 Å². The van der Waals surface area contributed by atoms with E-state index in [9.17, 15) is 4.79 Å². The first-order valence-corrected chi connectivity index (χ1v) is 10.0. The summed E-state index contributed by atoms with van der Waals surface area (Å²) in [7, 11) is 0. The third-order valence-corrected chi connectivity index (χ3v) is 6.98. The Balaban J connectivity index is 0.00000169. The summed E-state index contributed by atoms with van der Waals surface area (Å²) >= 11 is 1.98. The first-order valence-electron chi connectivity index (χ1n) is 8.85. The lowest BCUT2D eigenvalue weighted by molar-refractivity contribution is -0.135. The SMILES string of the molecule is Cc1ccc(C2CSCCN2C(=O)C2CC23CCNCC3)cc1.Cl. The standard InChI is InChI=1S/C19H26N2OS.ClH/c1-14-2-4-15(5-3-14)17-13-23-11-10-21(17)18(22)16-12-19(16)6-8-20-9-7-19;/h2-5,16-17,20H,6-13H2,1H3;1H. The quantitative estimate of drug-likeness (QED) is 0.870. The molecule has 1 aliphatic carbocycles. The molecule has 132 valence electrons. The Morgan fingerprint density at radius 3 is 2.67 bits per heavy atom. The van der Waals surface area contributed by atoms with Gasteiger partial charge in [-0.3, -0.25) is 4.79 Å². The average Bonchev–Trinajstić information content (AvgIpc) is 3.28. The van der Waals surface area contributed by atoms with Crippen molar-refractivity contribution in [3.63, 3.8) is 0 Å². The molecule has 2 atom stereocenters. The molecule has 3 aliphatic rings. The van der Waals surface area contributed by atoms with Gasteiger partial charge >= 0.3 is 0 Å². The largest absolute Gasteiger partial charge is 0.334 e. The minimum atomic E-state index is 0. The van der Waals surface area contributed by atoms with E-state index in [1.807, 2.05) is 11.8 Å². The first-order chi connectivity index (χ1) is 11.2. The second kappa shape index (κ2) is 7.27. The van der Waals surface area contributed by atoms with E-state index in [0.29, 0.717) is 17.2 Å². The fourth-order valence-electron chi connectivity index (χ4n) is 4.31. The number of benzene rings is 1. The van der Waals surface area contributed by atoms with Crippen LogP contribution < -0.4 is 5.32 Å². The molecule has 1 aromatic rings. The molecule has 0 radical (unpaired) electrons. The van der Waals surface area contributed by atoms with Crippen LogP contribution in [0, 0.1) is 18.3 Å². The third-order valence-electron chi connectivity index (χ3n) is 5.96. The van der Waals surface area contributed by atoms with Crippen LogP contribution in [-0.4, -0.2) is 41.9 Å². The molecule has 3 fully saturated rings. The van der Waals surface area contributed by atoms with E-state index in [-0.39, 0.29) is 18.4 Å². The van der Waals surface area contributed by atoms with Gasteiger partial charge in [0, 0.05) is 24.0 Å². The van der Waals surface area contributed by atoms with Crippen molar-refractivity contribution >= 4 is 30.1 Å². The Kier molecular flexibility index (Phi) is 5.48. The van der Waals surface area contributed by atoms with Gasteiger partial charge in [0.25, 0.3) is 0 Å². The highest BCUT2D eigenvalue weighted by atomic mass is 35.5. The van der Waals surface area contributed by atoms with Gasteiger partial charge in [-0.2, -0.15) is 11.8 Å². The summed E-state index contributed by atoms with van der Waals surface area (Å²) in [5.74, 6) is 2.84. The Labute approximate surface area is 155 Å². The number of hydrogen-bond acceptors (Lipinski definition) is 3. The Morgan fingerprint density at radius 1 is 1.25 bits per heavy atom. The third kappa shape index (κ3) is 3.33. The highest BCUT2D eigenvalue weighted by Gasteiger charge is 2.59. The zero-order valence-electron chi connectivity index (χ0n) is 14.3. The molecule has 2 heterocycles. The minimum absolute atomic E-state index is 0. The molecule has 2 saturated heterocycles. The molecule has 5 heteroatoms. The summed E-state index contributed by atoms with van der Waals surface area (Å²) < 4.78 is 0. The molecule has 3 nitrogen and oxygen atoms in total. The zero-order valence-corrected chi connectivity index (χ0v) is 15.9. The highest BCUT2D eigenvalue weighted by Crippen LogP contribution is 2.59. The van der Waals surface area contributed by atoms with Crippen LogP contribution in [0.2, 0.25) is 0 Å². The number of carbonyl (C=O) groups is 1. The average molecular weight is 367 g/mol. The van der Waals surface area contributed by atoms with E-state index in [1.165, 1.54) is 24.0 Å². The lowest BCUT2D eigenvalue weighted by Gasteiger charge is -2.37. The number of nitrogens with zero attached hydrogens (tertiary/aromatic N) is 1. The van der Waals surface area contributed by atoms with Crippen molar-refractivity contribution in [2.45, 2.75) is 32.2 Å². The smallest absolute Gasteiger partial charge is 0.226 e. The summed E-state index contributed by atoms with van der Waals surface area (Å²) in [4.78, 5) is 15.4. The van der Waals surface area contributed by atoms with Crippen LogP contribution in [0.4, 0.5) is 0 Å². The highest BCUT2D eigenvalue weighted by molar-refractivity contribution is 7.99. The number of rotatable bonds is 2. The lowest BCUT2D eigenvalue weighted by Crippen LogP contribution is -2.43. The van der Waals surface area contributed by atoms with Crippen LogP contribution in [-0.2, 0) is 4.79 Å². The minimum Gasteiger partial charge on any atom is -0.334 e. The zero-order chi connectivity index (χ0) is 15.9. The number of hydrogen-bond donors (Lipinski definition) is 1. The van der Waals surface area contributed by atoms with E-state index in [2.05, 4.69) is 41.4 Å². The molecular formula is C19H27ClN2OS. The van der Waals surface area contributed by atoms with Crippen molar-refractivity contribution in [2.24, 2.45) is 11.3 Å². The van der Waals surface area contributed by atoms with Crippen molar-refractivity contribution in [1.82, 2.24) is 10.2 Å². The molecule has 1 spiro atoms. The van der Waals surface area contributed by atoms with E-state index in [4.69, 9.17) is 0 Å². The van der Waals surface area contributed by atoms with Gasteiger partial charge in [0.1, 0.15) is 0 Å². The van der Waals surface area contributed by atoms with Gasteiger partial charge in [0.15, 0.2) is 0 Å². The lowest BCUT2D eigenvalue weighted by atomic mass is 9.91. The topological polar surface area (TPSA) is 32.3 Å². The predicted molar refractivity (Wildman–Crippen MR) is 103 cm³/mol. The fraction of sp³-hybridized carbons (Fsp3) is 0.632. The van der Waals surface area contributed by atoms with E-state index < -0.39 is 0 Å². The van der Waals surface area contributed by atoms with Crippen molar-refractivity contribution in [1.29, 1.82) is 0 Å². The van der Waals surface area contributed by atoms with Gasteiger partial charge in [-0.05, 0) is 50.3 Å². The molecule has 4 rings (SSSR count). The molecule has 1 N–H and O–H groups in total. The maximum atomic E-state index is 13.2. The Hall–Kier alpha value is -0.710. The number of halogens is 1. The monoisotopic (exact) mass is 366 g/mol. The van der Waals surface area contributed by atoms with Gasteiger partial charge in [0.05, 0.1) is 6.04 Å². The van der Waals surface area contributed by atoms with Gasteiger partial charge in [-0.15, -0.1) is 12.4 Å². The van der Waals surface area contributed by atoms with Gasteiger partial charge in [0.2, 0.25) is 5.91 Å². The second-order valence-electron chi connectivity index (χ2n) is 7.40. The van der Waals surface area contributed by atoms with E-state index in [0.717, 1.165) is 37.6 Å². The number of nitrogens with one attached hydrogen (secondary N) is 1. The summed E-state index contributed by atoms with van der Waals surface area (Å²) in [6.45, 7) is 5.20. The van der Waals surface area contributed by atoms with Crippen LogP contribution in [0.5, 0.6) is 0 Å². The number of aryl methyl sites for hydroxylation is 1. The predicted octanol–water partition coefficient (Wildman–Crippen LogP) is 3.42. The second-order valence-corrected chi connectivity index (χ2v) is 8.55. The fourth-order valence-corrected chi connectivity index (χ4v) is 5.39. The van der Waals surface area contributed by atoms with Crippen LogP contribution in [0.25, 0.3) is 0 Å². The molecular weight excluding hydrogens is 340 g/mol. The molecule has 2 aliphatic heterocycles. The maximum Gasteiger partial charge on any atom is 0.226 e. The van der Waals surface area contributed by atoms with Gasteiger partial charge in [-0.1, -0.05) is 29.8 Å². The summed E-state index contributed by atoms with van der Waals surface area (Å²) in [5, 5.41) is 3.43. The van der Waals surface area contributed by atoms with Crippen molar-refractivity contribution in [2.75, 3.05) is 31.1 Å². The van der Waals surface area contributed by atoms with Gasteiger partial charge in [-0.25, -0.2) is 0 Å². The van der Waals surface area contributed by atoms with Crippen LogP contribution >= 0.6 is 24.2 Å². The first kappa shape index (κ1) is 18.1. The van der Waals surface area contributed by atoms with E-state index in [1.54, 1.807) is 0 Å². The number of piperidine rings is 1. The molecule has 24 heavy (non-hydrogen) atoms. The normalized spacial score (nSPS) is 28.3. The van der Waals surface area contributed by atoms with Crippen molar-refractivity contribution in [3.8, 4) is 0 Å². The van der Waals surface area contributed by atoms with Crippen molar-refractivity contribution in [3.05, 3.63) is 35.4 Å². The van der Waals surface area contributed by atoms with Crippen LogP contribution in [0.3, 0.4) is 0 Å². The summed E-state index contributed by atoms with van der Waals surface area (Å²) in [6.07, 6.45) is 3.49. The van der Waals surface area contributed by atoms with Crippen LogP contribution in [0.15, 0.2) is 24.3 Å².